The van der Waals surface area contributed by atoms with Crippen LogP contribution in [0.1, 0.15) is 25.7 Å². The van der Waals surface area contributed by atoms with Crippen LogP contribution in [-0.4, -0.2) is 48.9 Å². The summed E-state index contributed by atoms with van der Waals surface area (Å²) < 4.78 is 0. The van der Waals surface area contributed by atoms with Gasteiger partial charge in [-0.1, -0.05) is 0 Å². The van der Waals surface area contributed by atoms with E-state index in [1.54, 1.807) is 11.9 Å². The number of hydrogen-bond donors (Lipinski definition) is 2. The van der Waals surface area contributed by atoms with Gasteiger partial charge in [0.15, 0.2) is 0 Å². The Balaban J connectivity index is 1.90. The Bertz CT molecular complexity index is 289. The summed E-state index contributed by atoms with van der Waals surface area (Å²) in [7, 11) is 1.74. The van der Waals surface area contributed by atoms with Crippen molar-refractivity contribution < 1.29 is 9.59 Å². The van der Waals surface area contributed by atoms with Crippen LogP contribution in [0.25, 0.3) is 0 Å². The van der Waals surface area contributed by atoms with Gasteiger partial charge in [-0.25, -0.2) is 0 Å². The fourth-order valence-corrected chi connectivity index (χ4v) is 2.12. The molecule has 0 aromatic rings. The van der Waals surface area contributed by atoms with Crippen LogP contribution in [0.4, 0.5) is 0 Å². The molecule has 2 aliphatic rings. The molecule has 5 heteroatoms. The number of nitrogens with zero attached hydrogens (tertiary/aromatic N) is 1. The highest BCUT2D eigenvalue weighted by molar-refractivity contribution is 5.89. The van der Waals surface area contributed by atoms with Gasteiger partial charge >= 0.3 is 0 Å². The zero-order valence-corrected chi connectivity index (χ0v) is 9.66. The second kappa shape index (κ2) is 4.82. The van der Waals surface area contributed by atoms with Crippen molar-refractivity contribution in [3.05, 3.63) is 0 Å². The first-order valence-corrected chi connectivity index (χ1v) is 5.97. The lowest BCUT2D eigenvalue weighted by Gasteiger charge is -2.23. The molecular weight excluding hydrogens is 206 g/mol. The molecule has 16 heavy (non-hydrogen) atoms. The fraction of sp³-hybridized carbons (Fsp3) is 0.818. The maximum absolute atomic E-state index is 11.9. The molecule has 2 rings (SSSR count). The molecule has 0 aromatic carbocycles. The van der Waals surface area contributed by atoms with Gasteiger partial charge in [-0.3, -0.25) is 9.59 Å². The average molecular weight is 225 g/mol. The molecule has 0 bridgehead atoms. The van der Waals surface area contributed by atoms with Gasteiger partial charge in [0.05, 0.1) is 6.54 Å². The second-order valence-corrected chi connectivity index (χ2v) is 4.56. The number of nitrogens with one attached hydrogen (secondary N) is 2. The number of likely N-dealkylation sites (N-methyl/N-ethyl adjacent to an activating group) is 1. The number of likely N-dealkylation sites (tertiary alicyclic amines) is 1. The Morgan fingerprint density at radius 3 is 2.69 bits per heavy atom. The predicted octanol–water partition coefficient (Wildman–Crippen LogP) is -0.525. The normalized spacial score (nSPS) is 24.6. The highest BCUT2D eigenvalue weighted by Crippen LogP contribution is 2.22. The maximum Gasteiger partial charge on any atom is 0.243 e. The van der Waals surface area contributed by atoms with Crippen LogP contribution in [0.5, 0.6) is 0 Å². The van der Waals surface area contributed by atoms with E-state index in [9.17, 15) is 9.59 Å². The quantitative estimate of drug-likeness (QED) is 0.676. The van der Waals surface area contributed by atoms with Crippen LogP contribution in [0.3, 0.4) is 0 Å². The fourth-order valence-electron chi connectivity index (χ4n) is 2.12. The highest BCUT2D eigenvalue weighted by Gasteiger charge is 2.35. The monoisotopic (exact) mass is 225 g/mol. The van der Waals surface area contributed by atoms with E-state index in [0.29, 0.717) is 19.1 Å². The topological polar surface area (TPSA) is 61.4 Å². The lowest BCUT2D eigenvalue weighted by Crippen LogP contribution is -2.48. The largest absolute Gasteiger partial charge is 0.352 e. The molecule has 0 radical (unpaired) electrons. The van der Waals surface area contributed by atoms with Crippen molar-refractivity contribution in [3.8, 4) is 0 Å². The van der Waals surface area contributed by atoms with E-state index in [-0.39, 0.29) is 17.9 Å². The van der Waals surface area contributed by atoms with Gasteiger partial charge in [0.2, 0.25) is 11.8 Å². The van der Waals surface area contributed by atoms with Crippen molar-refractivity contribution >= 4 is 11.8 Å². The standard InChI is InChI=1S/C11H19N3O2/c1-12-7-10(15)14-6-2-3-9(14)11(16)13-8-4-5-8/h8-9,12H,2-7H2,1H3,(H,13,16). The number of amides is 2. The van der Waals surface area contributed by atoms with Gasteiger partial charge in [-0.2, -0.15) is 0 Å². The minimum atomic E-state index is -0.235. The second-order valence-electron chi connectivity index (χ2n) is 4.56. The molecule has 1 saturated heterocycles. The van der Waals surface area contributed by atoms with E-state index in [1.807, 2.05) is 0 Å². The Kier molecular flexibility index (Phi) is 3.43. The molecule has 1 saturated carbocycles. The summed E-state index contributed by atoms with van der Waals surface area (Å²) in [6.45, 7) is 1.02. The minimum Gasteiger partial charge on any atom is -0.352 e. The lowest BCUT2D eigenvalue weighted by molar-refractivity contribution is -0.137. The van der Waals surface area contributed by atoms with Crippen molar-refractivity contribution in [1.82, 2.24) is 15.5 Å². The first kappa shape index (κ1) is 11.4. The molecule has 0 aromatic heterocycles. The van der Waals surface area contributed by atoms with Crippen LogP contribution in [0.2, 0.25) is 0 Å². The van der Waals surface area contributed by atoms with Crippen LogP contribution in [-0.2, 0) is 9.59 Å². The van der Waals surface area contributed by atoms with Gasteiger partial charge in [-0.05, 0) is 32.7 Å². The highest BCUT2D eigenvalue weighted by atomic mass is 16.2. The predicted molar refractivity (Wildman–Crippen MR) is 59.8 cm³/mol. The summed E-state index contributed by atoms with van der Waals surface area (Å²) in [5.41, 5.74) is 0. The molecule has 2 N–H and O–H groups in total. The molecule has 1 unspecified atom stereocenters. The number of carbonyl (C=O) groups excluding carboxylic acids is 2. The van der Waals surface area contributed by atoms with E-state index in [1.165, 1.54) is 0 Å². The maximum atomic E-state index is 11.9. The number of rotatable bonds is 4. The van der Waals surface area contributed by atoms with Gasteiger partial charge in [-0.15, -0.1) is 0 Å². The Labute approximate surface area is 95.6 Å². The van der Waals surface area contributed by atoms with Crippen LogP contribution in [0, 0.1) is 0 Å². The summed E-state index contributed by atoms with van der Waals surface area (Å²) in [6.07, 6.45) is 3.90. The van der Waals surface area contributed by atoms with E-state index in [2.05, 4.69) is 10.6 Å². The molecule has 0 spiro atoms. The third-order valence-electron chi connectivity index (χ3n) is 3.13. The molecule has 1 aliphatic carbocycles. The zero-order chi connectivity index (χ0) is 11.5. The third kappa shape index (κ3) is 2.52. The van der Waals surface area contributed by atoms with Crippen molar-refractivity contribution in [2.45, 2.75) is 37.8 Å². The molecule has 1 heterocycles. The Hall–Kier alpha value is -1.10. The molecule has 90 valence electrons. The van der Waals surface area contributed by atoms with Crippen LogP contribution in [0.15, 0.2) is 0 Å². The summed E-state index contributed by atoms with van der Waals surface area (Å²) in [5.74, 6) is 0.0559. The van der Waals surface area contributed by atoms with Gasteiger partial charge < -0.3 is 15.5 Å². The smallest absolute Gasteiger partial charge is 0.243 e. The van der Waals surface area contributed by atoms with E-state index in [4.69, 9.17) is 0 Å². The van der Waals surface area contributed by atoms with Crippen molar-refractivity contribution in [1.29, 1.82) is 0 Å². The minimum absolute atomic E-state index is 0.0240. The molecule has 2 fully saturated rings. The lowest BCUT2D eigenvalue weighted by atomic mass is 10.2. The summed E-state index contributed by atoms with van der Waals surface area (Å²) in [5, 5.41) is 5.80. The Morgan fingerprint density at radius 1 is 1.31 bits per heavy atom. The van der Waals surface area contributed by atoms with Gasteiger partial charge in [0, 0.05) is 12.6 Å². The van der Waals surface area contributed by atoms with Crippen LogP contribution < -0.4 is 10.6 Å². The van der Waals surface area contributed by atoms with Crippen LogP contribution >= 0.6 is 0 Å². The van der Waals surface area contributed by atoms with E-state index in [0.717, 1.165) is 25.7 Å². The van der Waals surface area contributed by atoms with Gasteiger partial charge in [0.25, 0.3) is 0 Å². The molecule has 2 amide bonds. The SMILES string of the molecule is CNCC(=O)N1CCCC1C(=O)NC1CC1. The molecule has 1 atom stereocenters. The molecular formula is C11H19N3O2. The average Bonchev–Trinajstić information content (AvgIpc) is 2.93. The zero-order valence-electron chi connectivity index (χ0n) is 9.66. The first-order valence-electron chi connectivity index (χ1n) is 5.97. The number of carbonyl (C=O) groups is 2. The van der Waals surface area contributed by atoms with Crippen molar-refractivity contribution in [2.75, 3.05) is 20.1 Å². The summed E-state index contributed by atoms with van der Waals surface area (Å²) in [6, 6.07) is 0.135. The van der Waals surface area contributed by atoms with E-state index >= 15 is 0 Å². The molecule has 1 aliphatic heterocycles. The summed E-state index contributed by atoms with van der Waals surface area (Å²) >= 11 is 0. The van der Waals surface area contributed by atoms with E-state index < -0.39 is 0 Å². The van der Waals surface area contributed by atoms with Gasteiger partial charge in [0.1, 0.15) is 6.04 Å². The number of hydrogen-bond acceptors (Lipinski definition) is 3. The van der Waals surface area contributed by atoms with Crippen molar-refractivity contribution in [2.24, 2.45) is 0 Å². The third-order valence-corrected chi connectivity index (χ3v) is 3.13. The first-order chi connectivity index (χ1) is 7.72. The van der Waals surface area contributed by atoms with Crippen molar-refractivity contribution in [3.63, 3.8) is 0 Å². The summed E-state index contributed by atoms with van der Waals surface area (Å²) in [4.78, 5) is 25.3. The molecule has 5 nitrogen and oxygen atoms in total. The Morgan fingerprint density at radius 2 is 2.06 bits per heavy atom.